The molecule has 1 heterocycles. The first-order valence-corrected chi connectivity index (χ1v) is 11.2. The molecule has 28 heavy (non-hydrogen) atoms. The Hall–Kier alpha value is -1.65. The lowest BCUT2D eigenvalue weighted by molar-refractivity contribution is 0.154. The van der Waals surface area contributed by atoms with Crippen LogP contribution >= 0.6 is 19.2 Å². The highest BCUT2D eigenvalue weighted by molar-refractivity contribution is 7.46. The van der Waals surface area contributed by atoms with Gasteiger partial charge in [-0.25, -0.2) is 4.57 Å². The van der Waals surface area contributed by atoms with Gasteiger partial charge in [0.05, 0.1) is 18.1 Å². The molecule has 1 atom stereocenters. The second kappa shape index (κ2) is 10.2. The van der Waals surface area contributed by atoms with Crippen molar-refractivity contribution in [2.45, 2.75) is 38.6 Å². The Morgan fingerprint density at radius 1 is 1.29 bits per heavy atom. The number of nitrogens with two attached hydrogens (primary N) is 1. The van der Waals surface area contributed by atoms with Crippen LogP contribution < -0.4 is 10.5 Å². The number of benzene rings is 1. The third kappa shape index (κ3) is 9.03. The highest BCUT2D eigenvalue weighted by Crippen LogP contribution is 2.37. The van der Waals surface area contributed by atoms with E-state index in [2.05, 4.69) is 16.4 Å². The van der Waals surface area contributed by atoms with E-state index in [1.54, 1.807) is 18.3 Å². The summed E-state index contributed by atoms with van der Waals surface area (Å²) in [5.74, 6) is 7.10. The van der Waals surface area contributed by atoms with Gasteiger partial charge >= 0.3 is 7.82 Å². The molecule has 0 spiro atoms. The number of phosphoric acid groups is 1. The summed E-state index contributed by atoms with van der Waals surface area (Å²) in [4.78, 5) is 19.6. The van der Waals surface area contributed by atoms with Crippen molar-refractivity contribution < 1.29 is 23.6 Å². The summed E-state index contributed by atoms with van der Waals surface area (Å²) >= 11 is 1.59. The lowest BCUT2D eigenvalue weighted by Gasteiger charge is -2.24. The van der Waals surface area contributed by atoms with Gasteiger partial charge < -0.3 is 20.3 Å². The van der Waals surface area contributed by atoms with E-state index in [0.717, 1.165) is 21.1 Å². The Labute approximate surface area is 169 Å². The maximum absolute atomic E-state index is 10.8. The van der Waals surface area contributed by atoms with Crippen molar-refractivity contribution in [3.63, 3.8) is 0 Å². The van der Waals surface area contributed by atoms with Crippen LogP contribution in [0.1, 0.15) is 35.1 Å². The van der Waals surface area contributed by atoms with E-state index in [1.807, 2.05) is 43.3 Å². The van der Waals surface area contributed by atoms with Crippen LogP contribution in [0.5, 0.6) is 5.75 Å². The molecule has 0 aliphatic carbocycles. The zero-order valence-corrected chi connectivity index (χ0v) is 17.8. The van der Waals surface area contributed by atoms with Crippen LogP contribution in [0.25, 0.3) is 0 Å². The second-order valence-corrected chi connectivity index (χ2v) is 9.31. The number of hydrogen-bond acceptors (Lipinski definition) is 5. The first kappa shape index (κ1) is 22.6. The predicted molar refractivity (Wildman–Crippen MR) is 111 cm³/mol. The molecule has 6 nitrogen and oxygen atoms in total. The third-order valence-electron chi connectivity index (χ3n) is 3.86. The Kier molecular flexibility index (Phi) is 8.26. The van der Waals surface area contributed by atoms with Gasteiger partial charge in [-0.2, -0.15) is 0 Å². The molecule has 2 rings (SSSR count). The van der Waals surface area contributed by atoms with E-state index in [0.29, 0.717) is 25.9 Å². The van der Waals surface area contributed by atoms with Crippen molar-refractivity contribution >= 4 is 19.2 Å². The quantitative estimate of drug-likeness (QED) is 0.323. The SMILES string of the molecule is Cc1cccc(OCCC#Cc2ccc(CCC(C)(N)COP(=O)(O)O)s2)c1. The fourth-order valence-electron chi connectivity index (χ4n) is 2.37. The van der Waals surface area contributed by atoms with Crippen molar-refractivity contribution in [2.75, 3.05) is 13.2 Å². The van der Waals surface area contributed by atoms with E-state index < -0.39 is 13.4 Å². The molecule has 0 aliphatic heterocycles. The van der Waals surface area contributed by atoms with Crippen LogP contribution in [-0.4, -0.2) is 28.5 Å². The summed E-state index contributed by atoms with van der Waals surface area (Å²) < 4.78 is 21.0. The second-order valence-electron chi connectivity index (χ2n) is 6.90. The molecule has 152 valence electrons. The number of ether oxygens (including phenoxy) is 1. The molecular weight excluding hydrogens is 397 g/mol. The Balaban J connectivity index is 1.75. The molecule has 0 radical (unpaired) electrons. The molecule has 0 saturated carbocycles. The lowest BCUT2D eigenvalue weighted by atomic mass is 9.98. The summed E-state index contributed by atoms with van der Waals surface area (Å²) in [6.45, 7) is 4.08. The van der Waals surface area contributed by atoms with Crippen LogP contribution in [0.4, 0.5) is 0 Å². The first-order chi connectivity index (χ1) is 13.1. The topological polar surface area (TPSA) is 102 Å². The molecule has 1 aromatic heterocycles. The van der Waals surface area contributed by atoms with Gasteiger partial charge in [-0.05, 0) is 56.5 Å². The fraction of sp³-hybridized carbons (Fsp3) is 0.400. The standard InChI is InChI=1S/C20H26NO5PS/c1-16-6-5-7-17(14-16)25-13-4-3-8-18-9-10-19(28-18)11-12-20(2,21)15-26-27(22,23)24/h5-7,9-10,14H,4,11-13,15,21H2,1-2H3,(H2,22,23,24). The molecular formula is C20H26NO5PS. The molecule has 0 amide bonds. The van der Waals surface area contributed by atoms with Crippen LogP contribution in [0.2, 0.25) is 0 Å². The highest BCUT2D eigenvalue weighted by atomic mass is 32.1. The molecule has 8 heteroatoms. The Morgan fingerprint density at radius 2 is 2.07 bits per heavy atom. The molecule has 0 saturated heterocycles. The normalized spacial score (nSPS) is 13.5. The Bertz CT molecular complexity index is 878. The largest absolute Gasteiger partial charge is 0.493 e. The fourth-order valence-corrected chi connectivity index (χ4v) is 3.71. The molecule has 0 aliphatic rings. The zero-order valence-electron chi connectivity index (χ0n) is 16.1. The van der Waals surface area contributed by atoms with Crippen molar-refractivity contribution in [2.24, 2.45) is 5.73 Å². The van der Waals surface area contributed by atoms with Crippen LogP contribution in [0, 0.1) is 18.8 Å². The maximum atomic E-state index is 10.8. The van der Waals surface area contributed by atoms with Crippen LogP contribution in [0.15, 0.2) is 36.4 Å². The zero-order chi connectivity index (χ0) is 20.6. The van der Waals surface area contributed by atoms with Gasteiger partial charge in [-0.3, -0.25) is 4.52 Å². The van der Waals surface area contributed by atoms with Crippen molar-refractivity contribution in [3.05, 3.63) is 51.7 Å². The predicted octanol–water partition coefficient (Wildman–Crippen LogP) is 3.64. The van der Waals surface area contributed by atoms with Crippen molar-refractivity contribution in [1.29, 1.82) is 0 Å². The number of thiophene rings is 1. The summed E-state index contributed by atoms with van der Waals surface area (Å²) in [5.41, 5.74) is 6.39. The number of phosphoric ester groups is 1. The van der Waals surface area contributed by atoms with Crippen molar-refractivity contribution in [1.82, 2.24) is 0 Å². The lowest BCUT2D eigenvalue weighted by Crippen LogP contribution is -2.41. The highest BCUT2D eigenvalue weighted by Gasteiger charge is 2.24. The third-order valence-corrected chi connectivity index (χ3v) is 5.39. The minimum absolute atomic E-state index is 0.198. The van der Waals surface area contributed by atoms with Crippen LogP contribution in [-0.2, 0) is 15.5 Å². The van der Waals surface area contributed by atoms with Gasteiger partial charge in [-0.15, -0.1) is 11.3 Å². The minimum atomic E-state index is -4.50. The van der Waals surface area contributed by atoms with E-state index in [9.17, 15) is 4.57 Å². The maximum Gasteiger partial charge on any atom is 0.469 e. The van der Waals surface area contributed by atoms with Gasteiger partial charge in [0.15, 0.2) is 0 Å². The van der Waals surface area contributed by atoms with Crippen molar-refractivity contribution in [3.8, 4) is 17.6 Å². The number of aryl methyl sites for hydroxylation is 2. The van der Waals surface area contributed by atoms with E-state index in [-0.39, 0.29) is 6.61 Å². The summed E-state index contributed by atoms with van der Waals surface area (Å²) in [6.07, 6.45) is 1.88. The number of rotatable bonds is 9. The van der Waals surface area contributed by atoms with Crippen LogP contribution in [0.3, 0.4) is 0 Å². The minimum Gasteiger partial charge on any atom is -0.493 e. The summed E-state index contributed by atoms with van der Waals surface area (Å²) in [6, 6.07) is 11.9. The molecule has 4 N–H and O–H groups in total. The molecule has 0 bridgehead atoms. The van der Waals surface area contributed by atoms with E-state index in [1.165, 1.54) is 0 Å². The molecule has 1 unspecified atom stereocenters. The molecule has 2 aromatic rings. The molecule has 1 aromatic carbocycles. The van der Waals surface area contributed by atoms with Gasteiger partial charge in [0.2, 0.25) is 0 Å². The van der Waals surface area contributed by atoms with Gasteiger partial charge in [0.1, 0.15) is 5.75 Å². The average Bonchev–Trinajstić information content (AvgIpc) is 3.06. The Morgan fingerprint density at radius 3 is 2.79 bits per heavy atom. The monoisotopic (exact) mass is 423 g/mol. The molecule has 0 fully saturated rings. The summed E-state index contributed by atoms with van der Waals surface area (Å²) in [5, 5.41) is 0. The first-order valence-electron chi connectivity index (χ1n) is 8.89. The number of hydrogen-bond donors (Lipinski definition) is 3. The van der Waals surface area contributed by atoms with Gasteiger partial charge in [0, 0.05) is 16.8 Å². The van der Waals surface area contributed by atoms with E-state index in [4.69, 9.17) is 20.3 Å². The van der Waals surface area contributed by atoms with Gasteiger partial charge in [0.25, 0.3) is 0 Å². The smallest absolute Gasteiger partial charge is 0.469 e. The summed E-state index contributed by atoms with van der Waals surface area (Å²) in [7, 11) is -4.50. The van der Waals surface area contributed by atoms with Gasteiger partial charge in [-0.1, -0.05) is 24.0 Å². The average molecular weight is 423 g/mol. The van der Waals surface area contributed by atoms with E-state index >= 15 is 0 Å².